The lowest BCUT2D eigenvalue weighted by Crippen LogP contribution is -2.27. The van der Waals surface area contributed by atoms with E-state index >= 15 is 0 Å². The number of carbonyl (C=O) groups excluding carboxylic acids is 1. The van der Waals surface area contributed by atoms with Crippen molar-refractivity contribution in [2.75, 3.05) is 7.05 Å². The van der Waals surface area contributed by atoms with Gasteiger partial charge in [0.25, 0.3) is 5.91 Å². The first kappa shape index (κ1) is 23.4. The third-order valence-electron chi connectivity index (χ3n) is 5.96. The average molecular weight is 454 g/mol. The number of hydrogen-bond acceptors (Lipinski definition) is 4. The van der Waals surface area contributed by atoms with Gasteiger partial charge in [-0.15, -0.1) is 10.2 Å². The van der Waals surface area contributed by atoms with Crippen LogP contribution in [-0.2, 0) is 24.8 Å². The van der Waals surface area contributed by atoms with Crippen LogP contribution in [0.3, 0.4) is 0 Å². The van der Waals surface area contributed by atoms with Crippen LogP contribution in [0.4, 0.5) is 0 Å². The average Bonchev–Trinajstić information content (AvgIpc) is 3.31. The van der Waals surface area contributed by atoms with E-state index in [1.807, 2.05) is 54.6 Å². The molecule has 34 heavy (non-hydrogen) atoms. The van der Waals surface area contributed by atoms with E-state index in [1.165, 1.54) is 11.1 Å². The number of aromatic nitrogens is 2. The monoisotopic (exact) mass is 453 g/mol. The molecule has 0 N–H and O–H groups in total. The molecule has 4 rings (SSSR count). The minimum atomic E-state index is -0.0575. The summed E-state index contributed by atoms with van der Waals surface area (Å²) in [5, 5.41) is 8.36. The van der Waals surface area contributed by atoms with E-state index < -0.39 is 0 Å². The maximum absolute atomic E-state index is 13.2. The molecule has 1 aromatic heterocycles. The molecule has 0 atom stereocenters. The highest BCUT2D eigenvalue weighted by Crippen LogP contribution is 2.26. The molecule has 0 saturated carbocycles. The number of aryl methyl sites for hydroxylation is 2. The number of nitrogens with zero attached hydrogens (tertiary/aromatic N) is 3. The highest BCUT2D eigenvalue weighted by atomic mass is 16.4. The van der Waals surface area contributed by atoms with Gasteiger partial charge in [-0.1, -0.05) is 81.4 Å². The zero-order valence-corrected chi connectivity index (χ0v) is 20.3. The van der Waals surface area contributed by atoms with Crippen LogP contribution in [0.2, 0.25) is 0 Å². The van der Waals surface area contributed by atoms with Crippen molar-refractivity contribution in [1.29, 1.82) is 0 Å². The Balaban J connectivity index is 1.43. The quantitative estimate of drug-likeness (QED) is 0.340. The second-order valence-corrected chi connectivity index (χ2v) is 9.63. The fourth-order valence-electron chi connectivity index (χ4n) is 3.90. The van der Waals surface area contributed by atoms with Crippen molar-refractivity contribution in [2.45, 2.75) is 45.6 Å². The Bertz CT molecular complexity index is 1240. The van der Waals surface area contributed by atoms with Crippen LogP contribution in [0.5, 0.6) is 0 Å². The van der Waals surface area contributed by atoms with Crippen molar-refractivity contribution in [2.24, 2.45) is 0 Å². The van der Waals surface area contributed by atoms with Gasteiger partial charge >= 0.3 is 0 Å². The summed E-state index contributed by atoms with van der Waals surface area (Å²) in [7, 11) is 1.76. The van der Waals surface area contributed by atoms with Gasteiger partial charge in [0, 0.05) is 18.2 Å². The molecule has 0 saturated heterocycles. The standard InChI is InChI=1S/C29H31N3O2/c1-29(2,3)24-18-16-23(17-19-24)27-31-30-26(34-27)20-32(4)28(33)25-13-9-8-12-22(25)15-14-21-10-6-5-7-11-21/h5-13,16-19H,14-15,20H2,1-4H3. The summed E-state index contributed by atoms with van der Waals surface area (Å²) in [6.45, 7) is 6.79. The molecule has 0 spiro atoms. The van der Waals surface area contributed by atoms with Crippen molar-refractivity contribution in [3.63, 3.8) is 0 Å². The zero-order valence-electron chi connectivity index (χ0n) is 20.3. The molecule has 4 aromatic rings. The van der Waals surface area contributed by atoms with E-state index in [4.69, 9.17) is 4.42 Å². The molecule has 1 heterocycles. The van der Waals surface area contributed by atoms with Gasteiger partial charge in [0.15, 0.2) is 0 Å². The zero-order chi connectivity index (χ0) is 24.1. The molecule has 5 heteroatoms. The van der Waals surface area contributed by atoms with Crippen LogP contribution in [-0.4, -0.2) is 28.1 Å². The predicted molar refractivity (Wildman–Crippen MR) is 135 cm³/mol. The number of amides is 1. The molecule has 5 nitrogen and oxygen atoms in total. The molecular weight excluding hydrogens is 422 g/mol. The minimum absolute atomic E-state index is 0.0575. The van der Waals surface area contributed by atoms with Crippen LogP contribution in [0.1, 0.15) is 53.7 Å². The van der Waals surface area contributed by atoms with Crippen LogP contribution >= 0.6 is 0 Å². The molecule has 3 aromatic carbocycles. The fraction of sp³-hybridized carbons (Fsp3) is 0.276. The van der Waals surface area contributed by atoms with Crippen LogP contribution in [0.15, 0.2) is 83.3 Å². The number of benzene rings is 3. The van der Waals surface area contributed by atoms with Gasteiger partial charge in [0.1, 0.15) is 0 Å². The lowest BCUT2D eigenvalue weighted by atomic mass is 9.87. The lowest BCUT2D eigenvalue weighted by molar-refractivity contribution is 0.0772. The van der Waals surface area contributed by atoms with E-state index in [0.717, 1.165) is 24.0 Å². The predicted octanol–water partition coefficient (Wildman–Crippen LogP) is 6.09. The van der Waals surface area contributed by atoms with Crippen molar-refractivity contribution in [3.8, 4) is 11.5 Å². The van der Waals surface area contributed by atoms with Crippen molar-refractivity contribution >= 4 is 5.91 Å². The van der Waals surface area contributed by atoms with Gasteiger partial charge in [-0.05, 0) is 53.1 Å². The molecular formula is C29H31N3O2. The highest BCUT2D eigenvalue weighted by Gasteiger charge is 2.19. The summed E-state index contributed by atoms with van der Waals surface area (Å²) in [4.78, 5) is 14.9. The molecule has 0 fully saturated rings. The molecule has 1 amide bonds. The van der Waals surface area contributed by atoms with Crippen molar-refractivity contribution < 1.29 is 9.21 Å². The Kier molecular flexibility index (Phi) is 6.92. The summed E-state index contributed by atoms with van der Waals surface area (Å²) in [5.41, 5.74) is 5.19. The normalized spacial score (nSPS) is 11.4. The van der Waals surface area contributed by atoms with E-state index in [1.54, 1.807) is 11.9 Å². The molecule has 0 aliphatic heterocycles. The fourth-order valence-corrected chi connectivity index (χ4v) is 3.90. The number of hydrogen-bond donors (Lipinski definition) is 0. The molecule has 0 aliphatic carbocycles. The molecule has 0 aliphatic rings. The largest absolute Gasteiger partial charge is 0.419 e. The van der Waals surface area contributed by atoms with Gasteiger partial charge in [0.05, 0.1) is 6.54 Å². The van der Waals surface area contributed by atoms with Gasteiger partial charge in [0.2, 0.25) is 11.8 Å². The molecule has 0 radical (unpaired) electrons. The lowest BCUT2D eigenvalue weighted by Gasteiger charge is -2.18. The van der Waals surface area contributed by atoms with E-state index in [0.29, 0.717) is 17.3 Å². The molecule has 0 unspecified atom stereocenters. The van der Waals surface area contributed by atoms with Gasteiger partial charge < -0.3 is 9.32 Å². The van der Waals surface area contributed by atoms with Crippen LogP contribution < -0.4 is 0 Å². The Morgan fingerprint density at radius 1 is 0.853 bits per heavy atom. The Morgan fingerprint density at radius 3 is 2.24 bits per heavy atom. The first-order valence-corrected chi connectivity index (χ1v) is 11.6. The maximum atomic E-state index is 13.2. The highest BCUT2D eigenvalue weighted by molar-refractivity contribution is 5.95. The van der Waals surface area contributed by atoms with Gasteiger partial charge in [-0.25, -0.2) is 0 Å². The van der Waals surface area contributed by atoms with Crippen molar-refractivity contribution in [1.82, 2.24) is 15.1 Å². The number of rotatable bonds is 7. The Hall–Kier alpha value is -3.73. The maximum Gasteiger partial charge on any atom is 0.254 e. The van der Waals surface area contributed by atoms with E-state index in [9.17, 15) is 4.79 Å². The third-order valence-corrected chi connectivity index (χ3v) is 5.96. The smallest absolute Gasteiger partial charge is 0.254 e. The molecule has 0 bridgehead atoms. The molecule has 174 valence electrons. The van der Waals surface area contributed by atoms with Gasteiger partial charge in [-0.2, -0.15) is 0 Å². The minimum Gasteiger partial charge on any atom is -0.419 e. The third kappa shape index (κ3) is 5.60. The summed E-state index contributed by atoms with van der Waals surface area (Å²) in [6, 6.07) is 26.3. The van der Waals surface area contributed by atoms with Crippen LogP contribution in [0.25, 0.3) is 11.5 Å². The topological polar surface area (TPSA) is 59.2 Å². The van der Waals surface area contributed by atoms with Crippen molar-refractivity contribution in [3.05, 3.63) is 107 Å². The first-order valence-electron chi connectivity index (χ1n) is 11.6. The van der Waals surface area contributed by atoms with Crippen LogP contribution in [0, 0.1) is 0 Å². The summed E-state index contributed by atoms with van der Waals surface area (Å²) in [5.74, 6) is 0.810. The Morgan fingerprint density at radius 2 is 1.53 bits per heavy atom. The second-order valence-electron chi connectivity index (χ2n) is 9.63. The summed E-state index contributed by atoms with van der Waals surface area (Å²) < 4.78 is 5.87. The summed E-state index contributed by atoms with van der Waals surface area (Å²) in [6.07, 6.45) is 1.69. The number of carbonyl (C=O) groups is 1. The Labute approximate surface area is 201 Å². The second kappa shape index (κ2) is 10.0. The summed E-state index contributed by atoms with van der Waals surface area (Å²) >= 11 is 0. The van der Waals surface area contributed by atoms with E-state index in [2.05, 4.69) is 55.2 Å². The van der Waals surface area contributed by atoms with E-state index in [-0.39, 0.29) is 17.9 Å². The SMILES string of the molecule is CN(Cc1nnc(-c2ccc(C(C)(C)C)cc2)o1)C(=O)c1ccccc1CCc1ccccc1. The van der Waals surface area contributed by atoms with Gasteiger partial charge in [-0.3, -0.25) is 4.79 Å². The first-order chi connectivity index (χ1) is 16.3.